The fourth-order valence-corrected chi connectivity index (χ4v) is 3.25. The summed E-state index contributed by atoms with van der Waals surface area (Å²) < 4.78 is 5.55. The Balaban J connectivity index is 1.98. The van der Waals surface area contributed by atoms with Gasteiger partial charge in [0, 0.05) is 6.04 Å². The number of fused-ring (bicyclic) bond motifs is 2. The lowest BCUT2D eigenvalue weighted by Gasteiger charge is -2.35. The molecule has 2 aliphatic rings. The Morgan fingerprint density at radius 2 is 2.10 bits per heavy atom. The minimum atomic E-state index is -0.413. The van der Waals surface area contributed by atoms with Crippen molar-refractivity contribution in [2.24, 2.45) is 0 Å². The Bertz CT molecular complexity index is 452. The van der Waals surface area contributed by atoms with Gasteiger partial charge >= 0.3 is 6.09 Å². The molecule has 2 aliphatic heterocycles. The molecule has 0 aromatic carbocycles. The van der Waals surface area contributed by atoms with Crippen LogP contribution in [-0.4, -0.2) is 28.7 Å². The Morgan fingerprint density at radius 1 is 1.38 bits per heavy atom. The molecule has 1 amide bonds. The third-order valence-corrected chi connectivity index (χ3v) is 4.09. The van der Waals surface area contributed by atoms with Gasteiger partial charge in [0.05, 0.1) is 6.04 Å². The third-order valence-electron chi connectivity index (χ3n) is 4.09. The average Bonchev–Trinajstić information content (AvgIpc) is 2.59. The summed E-state index contributed by atoms with van der Waals surface area (Å²) in [6, 6.07) is 0.594. The molecule has 2 unspecified atom stereocenters. The van der Waals surface area contributed by atoms with E-state index in [-0.39, 0.29) is 12.1 Å². The van der Waals surface area contributed by atoms with E-state index >= 15 is 0 Å². The maximum atomic E-state index is 12.3. The van der Waals surface area contributed by atoms with E-state index in [1.54, 1.807) is 0 Å². The van der Waals surface area contributed by atoms with E-state index in [4.69, 9.17) is 4.74 Å². The number of nitrogens with zero attached hydrogens (tertiary/aromatic N) is 1. The van der Waals surface area contributed by atoms with Crippen LogP contribution in [0.1, 0.15) is 66.7 Å². The van der Waals surface area contributed by atoms with E-state index in [0.717, 1.165) is 32.1 Å². The SMILES string of the molecule is CC(C)=CCCC1=CC2CCC(C1)N2C(=O)OC(C)(C)C. The number of hydrogen-bond acceptors (Lipinski definition) is 2. The van der Waals surface area contributed by atoms with Crippen LogP contribution in [0.2, 0.25) is 0 Å². The predicted octanol–water partition coefficient (Wildman–Crippen LogP) is 4.83. The van der Waals surface area contributed by atoms with E-state index in [9.17, 15) is 4.79 Å². The van der Waals surface area contributed by atoms with E-state index in [0.29, 0.717) is 6.04 Å². The maximum Gasteiger partial charge on any atom is 0.411 e. The molecule has 0 aliphatic carbocycles. The minimum Gasteiger partial charge on any atom is -0.444 e. The largest absolute Gasteiger partial charge is 0.444 e. The highest BCUT2D eigenvalue weighted by atomic mass is 16.6. The lowest BCUT2D eigenvalue weighted by Crippen LogP contribution is -2.45. The van der Waals surface area contributed by atoms with Gasteiger partial charge in [0.15, 0.2) is 0 Å². The van der Waals surface area contributed by atoms with Gasteiger partial charge in [-0.2, -0.15) is 0 Å². The highest BCUT2D eigenvalue weighted by Crippen LogP contribution is 2.37. The van der Waals surface area contributed by atoms with Crippen LogP contribution in [0.4, 0.5) is 4.79 Å². The molecule has 0 N–H and O–H groups in total. The smallest absolute Gasteiger partial charge is 0.411 e. The van der Waals surface area contributed by atoms with Gasteiger partial charge in [0.1, 0.15) is 5.60 Å². The highest BCUT2D eigenvalue weighted by Gasteiger charge is 2.41. The molecule has 3 heteroatoms. The summed E-state index contributed by atoms with van der Waals surface area (Å²) in [4.78, 5) is 14.3. The zero-order valence-corrected chi connectivity index (χ0v) is 14.1. The molecule has 0 saturated carbocycles. The molecule has 1 saturated heterocycles. The quantitative estimate of drug-likeness (QED) is 0.697. The van der Waals surface area contributed by atoms with Gasteiger partial charge in [-0.25, -0.2) is 4.79 Å². The second kappa shape index (κ2) is 6.25. The summed E-state index contributed by atoms with van der Waals surface area (Å²) in [6.07, 6.45) is 9.90. The number of amides is 1. The molecule has 0 radical (unpaired) electrons. The third kappa shape index (κ3) is 4.36. The number of ether oxygens (including phenoxy) is 1. The molecule has 0 aromatic heterocycles. The molecule has 1 fully saturated rings. The summed E-state index contributed by atoms with van der Waals surface area (Å²) in [7, 11) is 0. The average molecular weight is 291 g/mol. The van der Waals surface area contributed by atoms with Gasteiger partial charge in [-0.05, 0) is 66.7 Å². The van der Waals surface area contributed by atoms with Gasteiger partial charge < -0.3 is 4.74 Å². The summed E-state index contributed by atoms with van der Waals surface area (Å²) in [5.74, 6) is 0. The van der Waals surface area contributed by atoms with Gasteiger partial charge in [-0.1, -0.05) is 23.3 Å². The maximum absolute atomic E-state index is 12.3. The molecule has 2 heterocycles. The van der Waals surface area contributed by atoms with Gasteiger partial charge in [-0.3, -0.25) is 4.90 Å². The number of carbonyl (C=O) groups is 1. The van der Waals surface area contributed by atoms with E-state index < -0.39 is 5.60 Å². The molecule has 21 heavy (non-hydrogen) atoms. The van der Waals surface area contributed by atoms with Crippen molar-refractivity contribution in [3.8, 4) is 0 Å². The first-order chi connectivity index (χ1) is 9.76. The first-order valence-electron chi connectivity index (χ1n) is 8.10. The topological polar surface area (TPSA) is 29.5 Å². The minimum absolute atomic E-state index is 0.144. The van der Waals surface area contributed by atoms with Crippen molar-refractivity contribution < 1.29 is 9.53 Å². The van der Waals surface area contributed by atoms with Crippen molar-refractivity contribution in [1.82, 2.24) is 4.90 Å². The van der Waals surface area contributed by atoms with E-state index in [2.05, 4.69) is 26.0 Å². The molecule has 0 spiro atoms. The lowest BCUT2D eigenvalue weighted by atomic mass is 9.97. The fourth-order valence-electron chi connectivity index (χ4n) is 3.25. The van der Waals surface area contributed by atoms with Crippen molar-refractivity contribution in [3.05, 3.63) is 23.3 Å². The normalized spacial score (nSPS) is 24.6. The Hall–Kier alpha value is -1.25. The first-order valence-corrected chi connectivity index (χ1v) is 8.10. The van der Waals surface area contributed by atoms with Gasteiger partial charge in [0.2, 0.25) is 0 Å². The molecule has 118 valence electrons. The van der Waals surface area contributed by atoms with Crippen molar-refractivity contribution in [2.45, 2.75) is 84.4 Å². The predicted molar refractivity (Wildman–Crippen MR) is 86.2 cm³/mol. The molecular formula is C18H29NO2. The summed E-state index contributed by atoms with van der Waals surface area (Å²) >= 11 is 0. The van der Waals surface area contributed by atoms with Crippen LogP contribution in [0.25, 0.3) is 0 Å². The van der Waals surface area contributed by atoms with Crippen LogP contribution in [0, 0.1) is 0 Å². The number of hydrogen-bond donors (Lipinski definition) is 0. The second-order valence-electron chi connectivity index (χ2n) is 7.54. The highest BCUT2D eigenvalue weighted by molar-refractivity contribution is 5.70. The van der Waals surface area contributed by atoms with Gasteiger partial charge in [0.25, 0.3) is 0 Å². The molecule has 2 atom stereocenters. The van der Waals surface area contributed by atoms with Crippen LogP contribution in [-0.2, 0) is 4.74 Å². The van der Waals surface area contributed by atoms with Crippen LogP contribution < -0.4 is 0 Å². The van der Waals surface area contributed by atoms with Crippen LogP contribution in [0.3, 0.4) is 0 Å². The Kier molecular flexibility index (Phi) is 4.80. The van der Waals surface area contributed by atoms with Crippen molar-refractivity contribution in [1.29, 1.82) is 0 Å². The van der Waals surface area contributed by atoms with Crippen LogP contribution >= 0.6 is 0 Å². The van der Waals surface area contributed by atoms with Gasteiger partial charge in [-0.15, -0.1) is 0 Å². The standard InChI is InChI=1S/C18H29NO2/c1-13(2)7-6-8-14-11-15-9-10-16(12-14)19(15)17(20)21-18(3,4)5/h7,11,15-16H,6,8-10,12H2,1-5H3. The Morgan fingerprint density at radius 3 is 2.67 bits per heavy atom. The molecule has 3 nitrogen and oxygen atoms in total. The second-order valence-corrected chi connectivity index (χ2v) is 7.54. The first kappa shape index (κ1) is 16.1. The molecule has 2 bridgehead atoms. The van der Waals surface area contributed by atoms with Crippen molar-refractivity contribution in [2.75, 3.05) is 0 Å². The monoisotopic (exact) mass is 291 g/mol. The molecular weight excluding hydrogens is 262 g/mol. The molecule has 0 aromatic rings. The van der Waals surface area contributed by atoms with Crippen molar-refractivity contribution >= 4 is 6.09 Å². The summed E-state index contributed by atoms with van der Waals surface area (Å²) in [5, 5.41) is 0. The van der Waals surface area contributed by atoms with E-state index in [1.807, 2.05) is 25.7 Å². The van der Waals surface area contributed by atoms with Crippen LogP contribution in [0.5, 0.6) is 0 Å². The van der Waals surface area contributed by atoms with Crippen LogP contribution in [0.15, 0.2) is 23.3 Å². The van der Waals surface area contributed by atoms with E-state index in [1.165, 1.54) is 11.1 Å². The fraction of sp³-hybridized carbons (Fsp3) is 0.722. The number of carbonyl (C=O) groups excluding carboxylic acids is 1. The molecule has 2 rings (SSSR count). The summed E-state index contributed by atoms with van der Waals surface area (Å²) in [6.45, 7) is 10.1. The summed E-state index contributed by atoms with van der Waals surface area (Å²) in [5.41, 5.74) is 2.48. The van der Waals surface area contributed by atoms with Crippen molar-refractivity contribution in [3.63, 3.8) is 0 Å². The lowest BCUT2D eigenvalue weighted by molar-refractivity contribution is 0.0166. The zero-order valence-electron chi connectivity index (χ0n) is 14.1. The number of allylic oxidation sites excluding steroid dienone is 2. The number of rotatable bonds is 3. The zero-order chi connectivity index (χ0) is 15.6. The Labute approximate surface area is 129 Å².